The molecule has 0 radical (unpaired) electrons. The fourth-order valence-electron chi connectivity index (χ4n) is 4.43. The summed E-state index contributed by atoms with van der Waals surface area (Å²) in [6, 6.07) is 5.93. The predicted molar refractivity (Wildman–Crippen MR) is 84.4 cm³/mol. The predicted octanol–water partition coefficient (Wildman–Crippen LogP) is 2.84. The molecule has 0 amide bonds. The van der Waals surface area contributed by atoms with Gasteiger partial charge in [0.2, 0.25) is 0 Å². The fourth-order valence-corrected chi connectivity index (χ4v) is 4.43. The molecule has 2 aliphatic carbocycles. The van der Waals surface area contributed by atoms with Gasteiger partial charge in [-0.05, 0) is 66.8 Å². The number of fused-ring (bicyclic) bond motifs is 4. The number of benzene rings is 1. The summed E-state index contributed by atoms with van der Waals surface area (Å²) >= 11 is 0. The van der Waals surface area contributed by atoms with E-state index in [1.807, 2.05) is 18.2 Å². The largest absolute Gasteiger partial charge is 0.399 e. The first-order chi connectivity index (χ1) is 10.0. The van der Waals surface area contributed by atoms with Crippen LogP contribution in [0.25, 0.3) is 0 Å². The van der Waals surface area contributed by atoms with Crippen LogP contribution in [0.4, 0.5) is 5.69 Å². The molecule has 2 N–H and O–H groups in total. The number of likely N-dealkylation sites (tertiary alicyclic amines) is 1. The summed E-state index contributed by atoms with van der Waals surface area (Å²) in [5.41, 5.74) is 8.93. The summed E-state index contributed by atoms with van der Waals surface area (Å²) in [6.45, 7) is 6.74. The highest BCUT2D eigenvalue weighted by molar-refractivity contribution is 6.04. The monoisotopic (exact) mass is 284 g/mol. The van der Waals surface area contributed by atoms with Crippen LogP contribution in [0.3, 0.4) is 0 Å². The molecule has 1 aliphatic heterocycles. The molecule has 1 aromatic rings. The van der Waals surface area contributed by atoms with Crippen molar-refractivity contribution in [3.63, 3.8) is 0 Å². The third-order valence-corrected chi connectivity index (χ3v) is 6.17. The van der Waals surface area contributed by atoms with Gasteiger partial charge < -0.3 is 5.73 Å². The second-order valence-corrected chi connectivity index (χ2v) is 7.51. The highest BCUT2D eigenvalue weighted by Gasteiger charge is 2.52. The fraction of sp³-hybridized carbons (Fsp3) is 0.611. The molecule has 1 heterocycles. The number of nitrogens with two attached hydrogens (primary N) is 1. The molecule has 0 spiro atoms. The normalized spacial score (nSPS) is 35.6. The molecule has 3 heteroatoms. The average Bonchev–Trinajstić information content (AvgIpc) is 3.25. The van der Waals surface area contributed by atoms with Gasteiger partial charge in [-0.25, -0.2) is 0 Å². The quantitative estimate of drug-likeness (QED) is 0.849. The molecular weight excluding hydrogens is 260 g/mol. The lowest BCUT2D eigenvalue weighted by Crippen LogP contribution is -2.61. The molecule has 2 fully saturated rings. The zero-order valence-corrected chi connectivity index (χ0v) is 12.9. The maximum Gasteiger partial charge on any atom is 0.180 e. The SMILES string of the molecule is CC1C2C(=O)c3ccc(N)cc3C1(C)CCN2CC1CC1. The Kier molecular flexibility index (Phi) is 2.74. The number of hydrogen-bond donors (Lipinski definition) is 1. The minimum atomic E-state index is 0.0699. The van der Waals surface area contributed by atoms with Crippen LogP contribution in [0, 0.1) is 11.8 Å². The molecule has 3 unspecified atom stereocenters. The summed E-state index contributed by atoms with van der Waals surface area (Å²) in [7, 11) is 0. The molecule has 2 bridgehead atoms. The Bertz CT molecular complexity index is 607. The first kappa shape index (κ1) is 13.3. The van der Waals surface area contributed by atoms with Gasteiger partial charge in [0.05, 0.1) is 6.04 Å². The number of rotatable bonds is 2. The number of piperidine rings is 1. The Morgan fingerprint density at radius 1 is 1.38 bits per heavy atom. The Labute approximate surface area is 126 Å². The number of Topliss-reactive ketones (excluding diaryl/α,β-unsaturated/α-hetero) is 1. The van der Waals surface area contributed by atoms with E-state index in [2.05, 4.69) is 18.7 Å². The summed E-state index contributed by atoms with van der Waals surface area (Å²) in [4.78, 5) is 15.5. The van der Waals surface area contributed by atoms with Crippen LogP contribution in [0.15, 0.2) is 18.2 Å². The topological polar surface area (TPSA) is 46.3 Å². The Hall–Kier alpha value is -1.35. The molecule has 3 aliphatic rings. The highest BCUT2D eigenvalue weighted by atomic mass is 16.1. The smallest absolute Gasteiger partial charge is 0.180 e. The van der Waals surface area contributed by atoms with E-state index in [0.29, 0.717) is 11.7 Å². The van der Waals surface area contributed by atoms with Crippen molar-refractivity contribution < 1.29 is 4.79 Å². The first-order valence-corrected chi connectivity index (χ1v) is 8.19. The Morgan fingerprint density at radius 3 is 2.86 bits per heavy atom. The van der Waals surface area contributed by atoms with Gasteiger partial charge in [-0.2, -0.15) is 0 Å². The molecule has 3 atom stereocenters. The van der Waals surface area contributed by atoms with Crippen molar-refractivity contribution in [2.24, 2.45) is 11.8 Å². The highest BCUT2D eigenvalue weighted by Crippen LogP contribution is 2.49. The van der Waals surface area contributed by atoms with Crippen molar-refractivity contribution >= 4 is 11.5 Å². The minimum Gasteiger partial charge on any atom is -0.399 e. The third kappa shape index (κ3) is 1.87. The van der Waals surface area contributed by atoms with Crippen molar-refractivity contribution in [1.82, 2.24) is 4.90 Å². The van der Waals surface area contributed by atoms with E-state index < -0.39 is 0 Å². The van der Waals surface area contributed by atoms with Gasteiger partial charge in [0.15, 0.2) is 5.78 Å². The average molecular weight is 284 g/mol. The van der Waals surface area contributed by atoms with Crippen LogP contribution in [0.2, 0.25) is 0 Å². The zero-order valence-electron chi connectivity index (χ0n) is 12.9. The molecule has 1 saturated carbocycles. The lowest BCUT2D eigenvalue weighted by molar-refractivity contribution is 0.0266. The molecule has 4 rings (SSSR count). The van der Waals surface area contributed by atoms with E-state index in [9.17, 15) is 4.79 Å². The Balaban J connectivity index is 1.79. The van der Waals surface area contributed by atoms with Crippen molar-refractivity contribution in [2.45, 2.75) is 44.6 Å². The molecular formula is C18H24N2O. The van der Waals surface area contributed by atoms with Crippen molar-refractivity contribution in [2.75, 3.05) is 18.8 Å². The number of hydrogen-bond acceptors (Lipinski definition) is 3. The van der Waals surface area contributed by atoms with Crippen LogP contribution < -0.4 is 5.73 Å². The number of nitrogen functional groups attached to an aromatic ring is 1. The summed E-state index contributed by atoms with van der Waals surface area (Å²) < 4.78 is 0. The maximum absolute atomic E-state index is 13.0. The van der Waals surface area contributed by atoms with E-state index >= 15 is 0 Å². The van der Waals surface area contributed by atoms with Crippen LogP contribution >= 0.6 is 0 Å². The zero-order chi connectivity index (χ0) is 14.8. The first-order valence-electron chi connectivity index (χ1n) is 8.19. The van der Waals surface area contributed by atoms with Crippen molar-refractivity contribution in [3.8, 4) is 0 Å². The van der Waals surface area contributed by atoms with E-state index in [1.165, 1.54) is 18.4 Å². The van der Waals surface area contributed by atoms with E-state index in [1.54, 1.807) is 0 Å². The number of carbonyl (C=O) groups is 1. The van der Waals surface area contributed by atoms with Crippen molar-refractivity contribution in [1.29, 1.82) is 0 Å². The molecule has 3 nitrogen and oxygen atoms in total. The van der Waals surface area contributed by atoms with Gasteiger partial charge in [-0.1, -0.05) is 13.8 Å². The molecule has 0 aromatic heterocycles. The third-order valence-electron chi connectivity index (χ3n) is 6.17. The van der Waals surface area contributed by atoms with Gasteiger partial charge in [-0.15, -0.1) is 0 Å². The summed E-state index contributed by atoms with van der Waals surface area (Å²) in [5, 5.41) is 0. The second-order valence-electron chi connectivity index (χ2n) is 7.51. The summed E-state index contributed by atoms with van der Waals surface area (Å²) in [6.07, 6.45) is 3.81. The maximum atomic E-state index is 13.0. The van der Waals surface area contributed by atoms with Crippen LogP contribution in [-0.2, 0) is 5.41 Å². The van der Waals surface area contributed by atoms with Gasteiger partial charge in [0, 0.05) is 17.8 Å². The lowest BCUT2D eigenvalue weighted by Gasteiger charge is -2.53. The molecule has 1 saturated heterocycles. The number of anilines is 1. The molecule has 112 valence electrons. The van der Waals surface area contributed by atoms with Crippen LogP contribution in [0.5, 0.6) is 0 Å². The van der Waals surface area contributed by atoms with Gasteiger partial charge >= 0.3 is 0 Å². The van der Waals surface area contributed by atoms with E-state index in [-0.39, 0.29) is 11.5 Å². The van der Waals surface area contributed by atoms with Crippen LogP contribution in [-0.4, -0.2) is 29.8 Å². The standard InChI is InChI=1S/C18H24N2O/c1-11-16-17(21)14-6-5-13(19)9-15(14)18(11,2)7-8-20(16)10-12-3-4-12/h5-6,9,11-12,16H,3-4,7-8,10,19H2,1-2H3. The number of carbonyl (C=O) groups excluding carboxylic acids is 1. The van der Waals surface area contributed by atoms with Crippen LogP contribution in [0.1, 0.15) is 49.0 Å². The lowest BCUT2D eigenvalue weighted by atomic mass is 9.58. The molecule has 21 heavy (non-hydrogen) atoms. The van der Waals surface area contributed by atoms with Gasteiger partial charge in [0.1, 0.15) is 0 Å². The number of ketones is 1. The van der Waals surface area contributed by atoms with E-state index in [4.69, 9.17) is 5.73 Å². The van der Waals surface area contributed by atoms with Gasteiger partial charge in [0.25, 0.3) is 0 Å². The van der Waals surface area contributed by atoms with E-state index in [0.717, 1.165) is 36.7 Å². The minimum absolute atomic E-state index is 0.0699. The summed E-state index contributed by atoms with van der Waals surface area (Å²) in [5.74, 6) is 1.52. The van der Waals surface area contributed by atoms with Gasteiger partial charge in [-0.3, -0.25) is 9.69 Å². The Morgan fingerprint density at radius 2 is 2.14 bits per heavy atom. The second kappa shape index (κ2) is 4.33. The molecule has 1 aromatic carbocycles. The number of nitrogens with zero attached hydrogens (tertiary/aromatic N) is 1. The van der Waals surface area contributed by atoms with Crippen molar-refractivity contribution in [3.05, 3.63) is 29.3 Å².